The number of nitrogens with one attached hydrogen (secondary N) is 1. The van der Waals surface area contributed by atoms with Gasteiger partial charge >= 0.3 is 0 Å². The number of aromatic nitrogens is 2. The van der Waals surface area contributed by atoms with Gasteiger partial charge in [-0.05, 0) is 30.3 Å². The summed E-state index contributed by atoms with van der Waals surface area (Å²) in [5.74, 6) is -0.699. The molecule has 0 atom stereocenters. The Hall–Kier alpha value is -2.54. The van der Waals surface area contributed by atoms with Gasteiger partial charge in [0.15, 0.2) is 0 Å². The second-order valence-electron chi connectivity index (χ2n) is 4.38. The van der Waals surface area contributed by atoms with E-state index in [4.69, 9.17) is 15.9 Å². The van der Waals surface area contributed by atoms with Crippen LogP contribution in [-0.4, -0.2) is 29.3 Å². The first-order chi connectivity index (χ1) is 10.0. The standard InChI is InChI=1S/C14H15FN4O2/c1-21-7-6-19-14(20)11(13(16)17)8-12(18-19)9-2-4-10(15)5-3-9/h2-5,8H,6-7H2,1H3,(H3,16,17). The molecule has 1 aromatic carbocycles. The molecule has 0 amide bonds. The molecular weight excluding hydrogens is 275 g/mol. The fourth-order valence-electron chi connectivity index (χ4n) is 1.83. The van der Waals surface area contributed by atoms with Crippen LogP contribution in [0.4, 0.5) is 4.39 Å². The molecule has 2 rings (SSSR count). The number of nitrogens with zero attached hydrogens (tertiary/aromatic N) is 2. The van der Waals surface area contributed by atoms with E-state index in [-0.39, 0.29) is 23.8 Å². The molecular formula is C14H15FN4O2. The Kier molecular flexibility index (Phi) is 4.44. The summed E-state index contributed by atoms with van der Waals surface area (Å²) in [4.78, 5) is 12.1. The second-order valence-corrected chi connectivity index (χ2v) is 4.38. The van der Waals surface area contributed by atoms with Crippen molar-refractivity contribution < 1.29 is 9.13 Å². The Morgan fingerprint density at radius 2 is 2.10 bits per heavy atom. The summed E-state index contributed by atoms with van der Waals surface area (Å²) in [5, 5.41) is 11.7. The molecule has 0 spiro atoms. The van der Waals surface area contributed by atoms with Crippen molar-refractivity contribution in [3.05, 3.63) is 52.1 Å². The molecule has 7 heteroatoms. The van der Waals surface area contributed by atoms with Gasteiger partial charge in [0.1, 0.15) is 11.7 Å². The van der Waals surface area contributed by atoms with Gasteiger partial charge in [-0.3, -0.25) is 10.2 Å². The van der Waals surface area contributed by atoms with Crippen LogP contribution in [0, 0.1) is 11.2 Å². The summed E-state index contributed by atoms with van der Waals surface area (Å²) >= 11 is 0. The van der Waals surface area contributed by atoms with Crippen LogP contribution in [0.1, 0.15) is 5.56 Å². The fraction of sp³-hybridized carbons (Fsp3) is 0.214. The number of rotatable bonds is 5. The minimum atomic E-state index is -0.453. The van der Waals surface area contributed by atoms with E-state index in [1.807, 2.05) is 0 Å². The Balaban J connectivity index is 2.55. The third kappa shape index (κ3) is 3.32. The van der Waals surface area contributed by atoms with Crippen LogP contribution in [-0.2, 0) is 11.3 Å². The first kappa shape index (κ1) is 14.9. The van der Waals surface area contributed by atoms with Crippen molar-refractivity contribution in [2.75, 3.05) is 13.7 Å². The van der Waals surface area contributed by atoms with E-state index in [1.54, 1.807) is 12.1 Å². The number of hydrogen-bond donors (Lipinski definition) is 2. The molecule has 2 aromatic rings. The van der Waals surface area contributed by atoms with E-state index in [0.29, 0.717) is 17.9 Å². The molecule has 0 aliphatic heterocycles. The van der Waals surface area contributed by atoms with Gasteiger partial charge in [0, 0.05) is 12.7 Å². The predicted octanol–water partition coefficient (Wildman–Crippen LogP) is 0.980. The van der Waals surface area contributed by atoms with Gasteiger partial charge in [-0.15, -0.1) is 0 Å². The maximum absolute atomic E-state index is 13.0. The van der Waals surface area contributed by atoms with Crippen LogP contribution in [0.25, 0.3) is 11.3 Å². The van der Waals surface area contributed by atoms with Crippen LogP contribution in [0.5, 0.6) is 0 Å². The lowest BCUT2D eigenvalue weighted by molar-refractivity contribution is 0.182. The summed E-state index contributed by atoms with van der Waals surface area (Å²) in [6.07, 6.45) is 0. The number of amidine groups is 1. The molecule has 0 radical (unpaired) electrons. The number of ether oxygens (including phenoxy) is 1. The zero-order valence-electron chi connectivity index (χ0n) is 11.5. The Morgan fingerprint density at radius 3 is 2.67 bits per heavy atom. The Bertz CT molecular complexity index is 710. The third-order valence-electron chi connectivity index (χ3n) is 2.91. The van der Waals surface area contributed by atoms with Crippen LogP contribution in [0.15, 0.2) is 35.1 Å². The maximum Gasteiger partial charge on any atom is 0.277 e. The summed E-state index contributed by atoms with van der Waals surface area (Å²) in [6, 6.07) is 7.13. The number of benzene rings is 1. The lowest BCUT2D eigenvalue weighted by Gasteiger charge is -2.10. The summed E-state index contributed by atoms with van der Waals surface area (Å²) < 4.78 is 19.1. The normalized spacial score (nSPS) is 10.6. The molecule has 0 fully saturated rings. The van der Waals surface area contributed by atoms with Crippen molar-refractivity contribution in [2.24, 2.45) is 5.73 Å². The molecule has 0 saturated heterocycles. The van der Waals surface area contributed by atoms with Crippen molar-refractivity contribution in [3.63, 3.8) is 0 Å². The molecule has 1 heterocycles. The van der Waals surface area contributed by atoms with E-state index < -0.39 is 5.56 Å². The van der Waals surface area contributed by atoms with E-state index >= 15 is 0 Å². The van der Waals surface area contributed by atoms with Gasteiger partial charge < -0.3 is 10.5 Å². The van der Waals surface area contributed by atoms with E-state index in [0.717, 1.165) is 0 Å². The maximum atomic E-state index is 13.0. The SMILES string of the molecule is COCCn1nc(-c2ccc(F)cc2)cc(C(=N)N)c1=O. The predicted molar refractivity (Wildman–Crippen MR) is 76.8 cm³/mol. The Labute approximate surface area is 120 Å². The zero-order chi connectivity index (χ0) is 15.4. The van der Waals surface area contributed by atoms with Gasteiger partial charge in [-0.2, -0.15) is 5.10 Å². The van der Waals surface area contributed by atoms with Crippen molar-refractivity contribution >= 4 is 5.84 Å². The van der Waals surface area contributed by atoms with Crippen LogP contribution in [0.2, 0.25) is 0 Å². The topological polar surface area (TPSA) is 94.0 Å². The van der Waals surface area contributed by atoms with Crippen molar-refractivity contribution in [2.45, 2.75) is 6.54 Å². The van der Waals surface area contributed by atoms with E-state index in [1.165, 1.54) is 30.0 Å². The minimum absolute atomic E-state index is 0.0560. The number of halogens is 1. The molecule has 0 aliphatic carbocycles. The van der Waals surface area contributed by atoms with Gasteiger partial charge in [0.25, 0.3) is 5.56 Å². The molecule has 21 heavy (non-hydrogen) atoms. The highest BCUT2D eigenvalue weighted by Crippen LogP contribution is 2.17. The van der Waals surface area contributed by atoms with Crippen LogP contribution in [0.3, 0.4) is 0 Å². The lowest BCUT2D eigenvalue weighted by Crippen LogP contribution is -2.32. The van der Waals surface area contributed by atoms with Crippen molar-refractivity contribution in [1.29, 1.82) is 5.41 Å². The minimum Gasteiger partial charge on any atom is -0.384 e. The Morgan fingerprint density at radius 1 is 1.43 bits per heavy atom. The fourth-order valence-corrected chi connectivity index (χ4v) is 1.83. The average Bonchev–Trinajstić information content (AvgIpc) is 2.47. The highest BCUT2D eigenvalue weighted by Gasteiger charge is 2.12. The summed E-state index contributed by atoms with van der Waals surface area (Å²) in [6.45, 7) is 0.543. The smallest absolute Gasteiger partial charge is 0.277 e. The van der Waals surface area contributed by atoms with E-state index in [2.05, 4.69) is 5.10 Å². The molecule has 1 aromatic heterocycles. The molecule has 0 saturated carbocycles. The largest absolute Gasteiger partial charge is 0.384 e. The number of nitrogen functional groups attached to an aromatic ring is 1. The molecule has 110 valence electrons. The average molecular weight is 290 g/mol. The van der Waals surface area contributed by atoms with Crippen LogP contribution >= 0.6 is 0 Å². The van der Waals surface area contributed by atoms with Gasteiger partial charge in [-0.1, -0.05) is 0 Å². The van der Waals surface area contributed by atoms with Crippen molar-refractivity contribution in [3.8, 4) is 11.3 Å². The second kappa shape index (κ2) is 6.27. The highest BCUT2D eigenvalue weighted by atomic mass is 19.1. The summed E-state index contributed by atoms with van der Waals surface area (Å²) in [7, 11) is 1.51. The quantitative estimate of drug-likeness (QED) is 0.634. The molecule has 6 nitrogen and oxygen atoms in total. The zero-order valence-corrected chi connectivity index (χ0v) is 11.5. The number of nitrogens with two attached hydrogens (primary N) is 1. The van der Waals surface area contributed by atoms with Crippen molar-refractivity contribution in [1.82, 2.24) is 9.78 Å². The van der Waals surface area contributed by atoms with Gasteiger partial charge in [0.05, 0.1) is 24.4 Å². The molecule has 0 bridgehead atoms. The molecule has 0 unspecified atom stereocenters. The molecule has 0 aliphatic rings. The van der Waals surface area contributed by atoms with Gasteiger partial charge in [0.2, 0.25) is 0 Å². The monoisotopic (exact) mass is 290 g/mol. The third-order valence-corrected chi connectivity index (χ3v) is 2.91. The molecule has 3 N–H and O–H groups in total. The van der Waals surface area contributed by atoms with Crippen LogP contribution < -0.4 is 11.3 Å². The number of hydrogen-bond acceptors (Lipinski definition) is 4. The lowest BCUT2D eigenvalue weighted by atomic mass is 10.1. The first-order valence-corrected chi connectivity index (χ1v) is 6.24. The number of methoxy groups -OCH3 is 1. The van der Waals surface area contributed by atoms with E-state index in [9.17, 15) is 9.18 Å². The van der Waals surface area contributed by atoms with Gasteiger partial charge in [-0.25, -0.2) is 9.07 Å². The highest BCUT2D eigenvalue weighted by molar-refractivity contribution is 5.95. The first-order valence-electron chi connectivity index (χ1n) is 6.24. The summed E-state index contributed by atoms with van der Waals surface area (Å²) in [5.41, 5.74) is 6.11.